The summed E-state index contributed by atoms with van der Waals surface area (Å²) in [5, 5.41) is 11.7. The van der Waals surface area contributed by atoms with E-state index in [2.05, 4.69) is 17.5 Å². The molecule has 0 aromatic carbocycles. The van der Waals surface area contributed by atoms with E-state index >= 15 is 0 Å². The molecule has 3 nitrogen and oxygen atoms in total. The molecule has 1 aliphatic carbocycles. The second-order valence-corrected chi connectivity index (χ2v) is 4.05. The lowest BCUT2D eigenvalue weighted by atomic mass is 9.82. The van der Waals surface area contributed by atoms with Crippen LogP contribution in [0.2, 0.25) is 0 Å². The molecule has 0 unspecified atom stereocenters. The lowest BCUT2D eigenvalue weighted by molar-refractivity contribution is -0.127. The molecule has 1 heterocycles. The first-order valence-corrected chi connectivity index (χ1v) is 4.84. The molecule has 13 heavy (non-hydrogen) atoms. The van der Waals surface area contributed by atoms with Crippen LogP contribution in [0.4, 0.5) is 0 Å². The molecule has 0 aromatic rings. The predicted octanol–water partition coefficient (Wildman–Crippen LogP) is 0.594. The maximum Gasteiger partial charge on any atom is 0.227 e. The molecule has 3 heteroatoms. The minimum absolute atomic E-state index is 0.153. The Kier molecular flexibility index (Phi) is 2.12. The van der Waals surface area contributed by atoms with Crippen LogP contribution in [0.25, 0.3) is 0 Å². The van der Waals surface area contributed by atoms with Crippen molar-refractivity contribution in [2.45, 2.75) is 31.7 Å². The van der Waals surface area contributed by atoms with E-state index in [0.717, 1.165) is 19.3 Å². The van der Waals surface area contributed by atoms with Crippen LogP contribution >= 0.6 is 0 Å². The van der Waals surface area contributed by atoms with Crippen LogP contribution in [0, 0.1) is 5.41 Å². The number of carbonyl (C=O) groups is 1. The Hall–Kier alpha value is -0.830. The molecule has 72 valence electrons. The molecule has 1 atom stereocenters. The standard InChI is InChI=1S/C10H15NO2/c12-6-3-8-7-10(9(13)11-8)4-1-2-5-10/h1-2,8,12H,3-7H2,(H,11,13)/t8-/m1/s1. The van der Waals surface area contributed by atoms with Crippen LogP contribution < -0.4 is 5.32 Å². The van der Waals surface area contributed by atoms with Crippen LogP contribution in [-0.4, -0.2) is 23.7 Å². The zero-order chi connectivity index (χ0) is 9.31. The van der Waals surface area contributed by atoms with Crippen molar-refractivity contribution in [3.63, 3.8) is 0 Å². The average molecular weight is 181 g/mol. The lowest BCUT2D eigenvalue weighted by Gasteiger charge is -2.18. The Morgan fingerprint density at radius 2 is 2.23 bits per heavy atom. The number of amides is 1. The highest BCUT2D eigenvalue weighted by Crippen LogP contribution is 2.42. The van der Waals surface area contributed by atoms with Gasteiger partial charge >= 0.3 is 0 Å². The number of nitrogens with one attached hydrogen (secondary N) is 1. The van der Waals surface area contributed by atoms with Gasteiger partial charge in [-0.25, -0.2) is 0 Å². The first-order chi connectivity index (χ1) is 6.27. The summed E-state index contributed by atoms with van der Waals surface area (Å²) < 4.78 is 0. The minimum atomic E-state index is -0.153. The highest BCUT2D eigenvalue weighted by atomic mass is 16.3. The van der Waals surface area contributed by atoms with Gasteiger partial charge in [0.05, 0.1) is 5.41 Å². The quantitative estimate of drug-likeness (QED) is 0.613. The van der Waals surface area contributed by atoms with Crippen molar-refractivity contribution in [1.82, 2.24) is 5.32 Å². The van der Waals surface area contributed by atoms with E-state index in [1.807, 2.05) is 0 Å². The van der Waals surface area contributed by atoms with Gasteiger partial charge in [-0.1, -0.05) is 12.2 Å². The van der Waals surface area contributed by atoms with Crippen LogP contribution in [0.1, 0.15) is 25.7 Å². The highest BCUT2D eigenvalue weighted by Gasteiger charge is 2.46. The van der Waals surface area contributed by atoms with E-state index in [1.165, 1.54) is 0 Å². The molecule has 1 saturated heterocycles. The summed E-state index contributed by atoms with van der Waals surface area (Å²) in [6.45, 7) is 0.161. The molecule has 1 aliphatic heterocycles. The van der Waals surface area contributed by atoms with Gasteiger partial charge in [-0.05, 0) is 25.7 Å². The zero-order valence-corrected chi connectivity index (χ0v) is 7.62. The van der Waals surface area contributed by atoms with Gasteiger partial charge in [-0.3, -0.25) is 4.79 Å². The Balaban J connectivity index is 2.03. The molecule has 0 aromatic heterocycles. The lowest BCUT2D eigenvalue weighted by Crippen LogP contribution is -2.30. The van der Waals surface area contributed by atoms with Gasteiger partial charge in [0.1, 0.15) is 0 Å². The molecule has 1 amide bonds. The number of aliphatic hydroxyl groups excluding tert-OH is 1. The second-order valence-electron chi connectivity index (χ2n) is 4.05. The van der Waals surface area contributed by atoms with Crippen molar-refractivity contribution >= 4 is 5.91 Å². The van der Waals surface area contributed by atoms with Crippen LogP contribution in [-0.2, 0) is 4.79 Å². The fraction of sp³-hybridized carbons (Fsp3) is 0.700. The third-order valence-electron chi connectivity index (χ3n) is 3.12. The van der Waals surface area contributed by atoms with E-state index < -0.39 is 0 Å². The van der Waals surface area contributed by atoms with E-state index in [9.17, 15) is 4.79 Å². The first-order valence-electron chi connectivity index (χ1n) is 4.84. The van der Waals surface area contributed by atoms with Gasteiger partial charge in [0.2, 0.25) is 5.91 Å². The number of hydrogen-bond donors (Lipinski definition) is 2. The number of carbonyl (C=O) groups excluding carboxylic acids is 1. The second kappa shape index (κ2) is 3.14. The number of rotatable bonds is 2. The summed E-state index contributed by atoms with van der Waals surface area (Å²) in [7, 11) is 0. The van der Waals surface area contributed by atoms with Crippen LogP contribution in [0.5, 0.6) is 0 Å². The average Bonchev–Trinajstić information content (AvgIpc) is 2.64. The molecule has 1 spiro atoms. The zero-order valence-electron chi connectivity index (χ0n) is 7.62. The van der Waals surface area contributed by atoms with E-state index in [-0.39, 0.29) is 24.0 Å². The molecular formula is C10H15NO2. The van der Waals surface area contributed by atoms with Crippen molar-refractivity contribution < 1.29 is 9.90 Å². The summed E-state index contributed by atoms with van der Waals surface area (Å²) in [6, 6.07) is 0.192. The van der Waals surface area contributed by atoms with Gasteiger partial charge < -0.3 is 10.4 Å². The van der Waals surface area contributed by atoms with E-state index in [4.69, 9.17) is 5.11 Å². The summed E-state index contributed by atoms with van der Waals surface area (Å²) >= 11 is 0. The molecule has 1 fully saturated rings. The van der Waals surface area contributed by atoms with Crippen LogP contribution in [0.15, 0.2) is 12.2 Å². The van der Waals surface area contributed by atoms with E-state index in [1.54, 1.807) is 0 Å². The van der Waals surface area contributed by atoms with Gasteiger partial charge in [0.25, 0.3) is 0 Å². The Morgan fingerprint density at radius 1 is 1.54 bits per heavy atom. The molecule has 2 rings (SSSR count). The normalized spacial score (nSPS) is 29.9. The van der Waals surface area contributed by atoms with Gasteiger partial charge in [-0.2, -0.15) is 0 Å². The van der Waals surface area contributed by atoms with E-state index in [0.29, 0.717) is 6.42 Å². The number of aliphatic hydroxyl groups is 1. The van der Waals surface area contributed by atoms with Crippen molar-refractivity contribution in [3.8, 4) is 0 Å². The third-order valence-corrected chi connectivity index (χ3v) is 3.12. The van der Waals surface area contributed by atoms with Crippen molar-refractivity contribution in [2.75, 3.05) is 6.61 Å². The highest BCUT2D eigenvalue weighted by molar-refractivity contribution is 5.86. The molecule has 2 aliphatic rings. The van der Waals surface area contributed by atoms with Gasteiger partial charge in [-0.15, -0.1) is 0 Å². The smallest absolute Gasteiger partial charge is 0.227 e. The molecular weight excluding hydrogens is 166 g/mol. The van der Waals surface area contributed by atoms with Crippen molar-refractivity contribution in [1.29, 1.82) is 0 Å². The third kappa shape index (κ3) is 1.37. The number of allylic oxidation sites excluding steroid dienone is 2. The summed E-state index contributed by atoms with van der Waals surface area (Å²) in [4.78, 5) is 11.7. The summed E-state index contributed by atoms with van der Waals surface area (Å²) in [6.07, 6.45) is 7.50. The van der Waals surface area contributed by atoms with Gasteiger partial charge in [0, 0.05) is 12.6 Å². The largest absolute Gasteiger partial charge is 0.396 e. The summed E-state index contributed by atoms with van der Waals surface area (Å²) in [5.74, 6) is 0.177. The van der Waals surface area contributed by atoms with Gasteiger partial charge in [0.15, 0.2) is 0 Å². The molecule has 0 bridgehead atoms. The predicted molar refractivity (Wildman–Crippen MR) is 49.1 cm³/mol. The number of hydrogen-bond acceptors (Lipinski definition) is 2. The molecule has 2 N–H and O–H groups in total. The fourth-order valence-electron chi connectivity index (χ4n) is 2.34. The Labute approximate surface area is 77.8 Å². The maximum absolute atomic E-state index is 11.7. The maximum atomic E-state index is 11.7. The van der Waals surface area contributed by atoms with Crippen molar-refractivity contribution in [2.24, 2.45) is 5.41 Å². The monoisotopic (exact) mass is 181 g/mol. The molecule has 0 radical (unpaired) electrons. The van der Waals surface area contributed by atoms with Crippen molar-refractivity contribution in [3.05, 3.63) is 12.2 Å². The fourth-order valence-corrected chi connectivity index (χ4v) is 2.34. The Bertz CT molecular complexity index is 239. The topological polar surface area (TPSA) is 49.3 Å². The minimum Gasteiger partial charge on any atom is -0.396 e. The van der Waals surface area contributed by atoms with Crippen LogP contribution in [0.3, 0.4) is 0 Å². The molecule has 0 saturated carbocycles. The SMILES string of the molecule is O=C1N[C@H](CCO)CC12CC=CC2. The Morgan fingerprint density at radius 3 is 2.85 bits per heavy atom. The first kappa shape index (κ1) is 8.75. The summed E-state index contributed by atoms with van der Waals surface area (Å²) in [5.41, 5.74) is -0.153.